The Kier molecular flexibility index (Phi) is 10.8. The van der Waals surface area contributed by atoms with E-state index in [1.165, 1.54) is 0 Å². The summed E-state index contributed by atoms with van der Waals surface area (Å²) in [7, 11) is -0.784. The summed E-state index contributed by atoms with van der Waals surface area (Å²) in [5.41, 5.74) is -6.90. The largest absolute Gasteiger partial charge is 0.579 e. The number of benzene rings is 3. The van der Waals surface area contributed by atoms with Gasteiger partial charge in [0.1, 0.15) is 34.9 Å². The first kappa shape index (κ1) is 36.7. The van der Waals surface area contributed by atoms with E-state index in [9.17, 15) is 26.3 Å². The third-order valence-electron chi connectivity index (χ3n) is 7.42. The Bertz CT molecular complexity index is 1350. The molecule has 0 radical (unpaired) electrons. The van der Waals surface area contributed by atoms with Crippen LogP contribution in [-0.4, -0.2) is 29.4 Å². The minimum atomic E-state index is -5.45. The lowest BCUT2D eigenvalue weighted by Gasteiger charge is -2.44. The molecule has 1 nitrogen and oxygen atoms in total. The van der Waals surface area contributed by atoms with Gasteiger partial charge in [0.2, 0.25) is 6.35 Å². The van der Waals surface area contributed by atoms with Crippen molar-refractivity contribution in [3.05, 3.63) is 88.0 Å². The average Bonchev–Trinajstić information content (AvgIpc) is 2.90. The second-order valence-corrected chi connectivity index (χ2v) is 16.5. The van der Waals surface area contributed by atoms with Crippen LogP contribution in [0, 0.1) is 69.8 Å². The molecule has 3 rings (SSSR count). The summed E-state index contributed by atoms with van der Waals surface area (Å²) in [6, 6.07) is -1.14. The van der Waals surface area contributed by atoms with Gasteiger partial charge in [-0.05, 0) is 29.3 Å². The van der Waals surface area contributed by atoms with Gasteiger partial charge in [-0.15, -0.1) is 0 Å². The molecule has 0 fully saturated rings. The van der Waals surface area contributed by atoms with Crippen LogP contribution in [0.1, 0.15) is 54.4 Å². The molecule has 0 aliphatic heterocycles. The van der Waals surface area contributed by atoms with Crippen LogP contribution in [0.2, 0.25) is 0 Å². The van der Waals surface area contributed by atoms with Crippen LogP contribution in [0.4, 0.5) is 52.7 Å². The van der Waals surface area contributed by atoms with E-state index in [1.54, 1.807) is 0 Å². The molecule has 3 aromatic rings. The number of hydrogen-bond acceptors (Lipinski definition) is 1. The van der Waals surface area contributed by atoms with Gasteiger partial charge >= 0.3 is 0 Å². The van der Waals surface area contributed by atoms with E-state index >= 15 is 26.3 Å². The van der Waals surface area contributed by atoms with Crippen LogP contribution in [0.5, 0.6) is 0 Å². The molecule has 0 aromatic heterocycles. The quantitative estimate of drug-likeness (QED) is 0.0731. The smallest absolute Gasteiger partial charge is 0.216 e. The Morgan fingerprint density at radius 1 is 0.489 bits per heavy atom. The van der Waals surface area contributed by atoms with Crippen LogP contribution in [0.15, 0.2) is 18.2 Å². The molecule has 45 heavy (non-hydrogen) atoms. The van der Waals surface area contributed by atoms with Gasteiger partial charge in [0.25, 0.3) is 0 Å². The van der Waals surface area contributed by atoms with Crippen molar-refractivity contribution in [3.63, 3.8) is 0 Å². The lowest BCUT2D eigenvalue weighted by Crippen LogP contribution is -2.75. The molecule has 0 amide bonds. The molecular weight excluding hydrogens is 646 g/mol. The zero-order chi connectivity index (χ0) is 34.4. The van der Waals surface area contributed by atoms with E-state index in [4.69, 9.17) is 4.65 Å². The molecule has 0 spiro atoms. The predicted octanol–water partition coefficient (Wildman–Crippen LogP) is 8.20. The first-order chi connectivity index (χ1) is 20.6. The molecule has 0 bridgehead atoms. The van der Waals surface area contributed by atoms with Crippen molar-refractivity contribution in [2.75, 3.05) is 12.8 Å². The van der Waals surface area contributed by atoms with Crippen LogP contribution in [0.3, 0.4) is 0 Å². The molecule has 0 aliphatic rings. The molecule has 0 saturated carbocycles. The van der Waals surface area contributed by atoms with Crippen molar-refractivity contribution in [3.8, 4) is 0 Å². The summed E-state index contributed by atoms with van der Waals surface area (Å²) in [6.45, 7) is 10.9. The van der Waals surface area contributed by atoms with Gasteiger partial charge in [-0.1, -0.05) is 65.9 Å². The molecule has 0 N–H and O–H groups in total. The molecule has 0 saturated heterocycles. The van der Waals surface area contributed by atoms with Gasteiger partial charge in [0, 0.05) is 24.8 Å². The molecule has 0 unspecified atom stereocenters. The highest BCUT2D eigenvalue weighted by molar-refractivity contribution is 7.60. The van der Waals surface area contributed by atoms with E-state index < -0.39 is 107 Å². The van der Waals surface area contributed by atoms with E-state index in [2.05, 4.69) is 0 Å². The zero-order valence-corrected chi connectivity index (χ0v) is 25.9. The molecule has 0 heterocycles. The third kappa shape index (κ3) is 6.87. The summed E-state index contributed by atoms with van der Waals surface area (Å²) < 4.78 is 186. The number of halogens is 12. The molecule has 3 aromatic carbocycles. The van der Waals surface area contributed by atoms with E-state index in [0.717, 1.165) is 0 Å². The van der Waals surface area contributed by atoms with E-state index in [1.807, 2.05) is 41.5 Å². The zero-order valence-electron chi connectivity index (χ0n) is 25.0. The van der Waals surface area contributed by atoms with Crippen LogP contribution < -0.4 is 16.4 Å². The molecule has 248 valence electrons. The van der Waals surface area contributed by atoms with Gasteiger partial charge < -0.3 is 4.65 Å². The lowest BCUT2D eigenvalue weighted by molar-refractivity contribution is 0.307. The predicted molar refractivity (Wildman–Crippen MR) is 150 cm³/mol. The van der Waals surface area contributed by atoms with Crippen molar-refractivity contribution in [2.24, 2.45) is 0 Å². The third-order valence-corrected chi connectivity index (χ3v) is 11.4. The Balaban J connectivity index is 2.42. The van der Waals surface area contributed by atoms with Crippen molar-refractivity contribution in [1.82, 2.24) is 0 Å². The molecule has 0 atom stereocenters. The first-order valence-corrected chi connectivity index (χ1v) is 15.2. The van der Waals surface area contributed by atoms with Gasteiger partial charge in [-0.3, -0.25) is 0 Å². The summed E-state index contributed by atoms with van der Waals surface area (Å²) in [4.78, 5) is 0. The average molecular weight is 675 g/mol. The molecule has 0 aliphatic carbocycles. The number of hydrogen-bond donors (Lipinski definition) is 0. The Labute approximate surface area is 253 Å². The molecule has 15 heteroatoms. The Morgan fingerprint density at radius 2 is 0.756 bits per heavy atom. The van der Waals surface area contributed by atoms with Crippen LogP contribution in [0.25, 0.3) is 0 Å². The van der Waals surface area contributed by atoms with Crippen LogP contribution in [-0.2, 0) is 4.65 Å². The van der Waals surface area contributed by atoms with Gasteiger partial charge in [-0.25, -0.2) is 52.7 Å². The second-order valence-electron chi connectivity index (χ2n) is 12.5. The Hall–Kier alpha value is -2.73. The maximum Gasteiger partial charge on any atom is 0.216 e. The number of rotatable bonds is 9. The Morgan fingerprint density at radius 3 is 1.00 bits per heavy atom. The van der Waals surface area contributed by atoms with Gasteiger partial charge in [0.15, 0.2) is 34.9 Å². The van der Waals surface area contributed by atoms with Gasteiger partial charge in [0.05, 0.1) is 0 Å². The van der Waals surface area contributed by atoms with Crippen LogP contribution >= 0.6 is 7.92 Å². The normalized spacial score (nSPS) is 12.9. The SMILES string of the molecule is CC(C)(C)P(CCCCO[B-](c1c(F)c(F)cc(F)c1F)(c1c(F)c(F)cc(F)c1F)c1c(F)c(F)cc(F)c1F)C(C)(C)C. The fourth-order valence-corrected chi connectivity index (χ4v) is 9.73. The first-order valence-electron chi connectivity index (χ1n) is 13.7. The maximum absolute atomic E-state index is 15.5. The summed E-state index contributed by atoms with van der Waals surface area (Å²) in [6.07, 6.45) is -5.00. The van der Waals surface area contributed by atoms with E-state index in [-0.39, 0.29) is 41.4 Å². The fourth-order valence-electron chi connectivity index (χ4n) is 5.84. The van der Waals surface area contributed by atoms with Crippen molar-refractivity contribution < 1.29 is 57.3 Å². The van der Waals surface area contributed by atoms with Crippen molar-refractivity contribution in [2.45, 2.75) is 64.7 Å². The van der Waals surface area contributed by atoms with Crippen molar-refractivity contribution >= 4 is 30.7 Å². The standard InChI is InChI=1S/C30H29BF12OP/c1-29(2,3)45(30(4,5)6)10-8-7-9-44-31(20-23(38)14(32)11-15(33)24(20)39,21-25(40)16(34)12-17(35)26(21)41)22-27(42)18(36)13-19(37)28(22)43/h11-13H,7-10H2,1-6H3/q-1. The molecular formula is C30H29BF12OP-. The number of unbranched alkanes of at least 4 members (excludes halogenated alkanes) is 1. The maximum atomic E-state index is 15.5. The highest BCUT2D eigenvalue weighted by Crippen LogP contribution is 2.59. The van der Waals surface area contributed by atoms with Gasteiger partial charge in [-0.2, -0.15) is 0 Å². The monoisotopic (exact) mass is 675 g/mol. The summed E-state index contributed by atoms with van der Waals surface area (Å²) in [5, 5.41) is -0.408. The summed E-state index contributed by atoms with van der Waals surface area (Å²) >= 11 is 0. The highest BCUT2D eigenvalue weighted by atomic mass is 31.1. The minimum absolute atomic E-state index is 0.194. The van der Waals surface area contributed by atoms with E-state index in [0.29, 0.717) is 6.16 Å². The topological polar surface area (TPSA) is 9.23 Å². The second kappa shape index (κ2) is 13.2. The fraction of sp³-hybridized carbons (Fsp3) is 0.400. The summed E-state index contributed by atoms with van der Waals surface area (Å²) in [5.74, 6) is -29.2. The lowest BCUT2D eigenvalue weighted by atomic mass is 9.27. The highest BCUT2D eigenvalue weighted by Gasteiger charge is 2.47. The minimum Gasteiger partial charge on any atom is -0.579 e. The van der Waals surface area contributed by atoms with Crippen molar-refractivity contribution in [1.29, 1.82) is 0 Å².